The normalized spacial score (nSPS) is 30.5. The van der Waals surface area contributed by atoms with Crippen molar-refractivity contribution in [2.24, 2.45) is 23.2 Å². The van der Waals surface area contributed by atoms with E-state index in [2.05, 4.69) is 16.0 Å². The summed E-state index contributed by atoms with van der Waals surface area (Å²) in [5, 5.41) is 18.6. The highest BCUT2D eigenvalue weighted by molar-refractivity contribution is 5.87. The average molecular weight is 482 g/mol. The first kappa shape index (κ1) is 24.1. The number of benzene rings is 1. The number of hydrogen-bond donors (Lipinski definition) is 4. The minimum Gasteiger partial charge on any atom is -0.478 e. The van der Waals surface area contributed by atoms with Gasteiger partial charge in [0.1, 0.15) is 0 Å². The van der Waals surface area contributed by atoms with E-state index in [9.17, 15) is 14.4 Å². The molecule has 4 bridgehead atoms. The fraction of sp³-hybridized carbons (Fsp3) is 0.679. The van der Waals surface area contributed by atoms with Crippen LogP contribution in [0.15, 0.2) is 24.3 Å². The fourth-order valence-corrected chi connectivity index (χ4v) is 7.90. The Morgan fingerprint density at radius 3 is 2.03 bits per heavy atom. The number of urea groups is 1. The van der Waals surface area contributed by atoms with E-state index < -0.39 is 5.97 Å². The van der Waals surface area contributed by atoms with Gasteiger partial charge in [0.2, 0.25) is 5.91 Å². The smallest absolute Gasteiger partial charge is 0.335 e. The van der Waals surface area contributed by atoms with Crippen molar-refractivity contribution >= 4 is 17.9 Å². The second kappa shape index (κ2) is 9.82. The quantitative estimate of drug-likeness (QED) is 0.435. The van der Waals surface area contributed by atoms with E-state index in [1.54, 1.807) is 24.3 Å². The molecule has 190 valence electrons. The zero-order valence-electron chi connectivity index (χ0n) is 20.6. The van der Waals surface area contributed by atoms with Gasteiger partial charge in [0, 0.05) is 25.0 Å². The lowest BCUT2D eigenvalue weighted by Gasteiger charge is -2.56. The number of carbonyl (C=O) groups excluding carboxylic acids is 2. The predicted molar refractivity (Wildman–Crippen MR) is 133 cm³/mol. The van der Waals surface area contributed by atoms with Crippen molar-refractivity contribution in [3.05, 3.63) is 35.4 Å². The zero-order valence-corrected chi connectivity index (χ0v) is 20.6. The molecule has 0 aromatic heterocycles. The lowest BCUT2D eigenvalue weighted by Crippen LogP contribution is -2.62. The van der Waals surface area contributed by atoms with E-state index in [0.717, 1.165) is 68.3 Å². The first-order valence-electron chi connectivity index (χ1n) is 13.5. The van der Waals surface area contributed by atoms with Gasteiger partial charge in [-0.2, -0.15) is 0 Å². The van der Waals surface area contributed by atoms with Crippen molar-refractivity contribution < 1.29 is 19.5 Å². The lowest BCUT2D eigenvalue weighted by molar-refractivity contribution is -0.124. The largest absolute Gasteiger partial charge is 0.478 e. The molecule has 5 fully saturated rings. The number of aromatic carboxylic acids is 1. The molecule has 5 aliphatic rings. The van der Waals surface area contributed by atoms with Gasteiger partial charge in [-0.05, 0) is 92.2 Å². The van der Waals surface area contributed by atoms with Crippen LogP contribution in [0.2, 0.25) is 0 Å². The summed E-state index contributed by atoms with van der Waals surface area (Å²) in [7, 11) is 0. The minimum absolute atomic E-state index is 0.00781. The van der Waals surface area contributed by atoms with Crippen molar-refractivity contribution in [2.45, 2.75) is 89.1 Å². The van der Waals surface area contributed by atoms with Crippen molar-refractivity contribution in [3.63, 3.8) is 0 Å². The van der Waals surface area contributed by atoms with Gasteiger partial charge >= 0.3 is 12.0 Å². The van der Waals surface area contributed by atoms with Gasteiger partial charge in [-0.3, -0.25) is 4.79 Å². The summed E-state index contributed by atoms with van der Waals surface area (Å²) < 4.78 is 0. The number of nitrogens with one attached hydrogen (secondary N) is 3. The average Bonchev–Trinajstić information content (AvgIpc) is 2.81. The Hall–Kier alpha value is -2.57. The number of rotatable bonds is 8. The Balaban J connectivity index is 1.14. The summed E-state index contributed by atoms with van der Waals surface area (Å²) in [6.45, 7) is 0.903. The lowest BCUT2D eigenvalue weighted by atomic mass is 9.53. The molecular weight excluding hydrogens is 442 g/mol. The third kappa shape index (κ3) is 5.65. The van der Waals surface area contributed by atoms with Crippen LogP contribution in [0.3, 0.4) is 0 Å². The molecule has 6 rings (SSSR count). The van der Waals surface area contributed by atoms with Gasteiger partial charge < -0.3 is 21.1 Å². The van der Waals surface area contributed by atoms with Crippen LogP contribution in [-0.4, -0.2) is 35.1 Å². The second-order valence-corrected chi connectivity index (χ2v) is 12.0. The maximum atomic E-state index is 13.0. The van der Waals surface area contributed by atoms with Crippen LogP contribution in [-0.2, 0) is 11.3 Å². The fourth-order valence-electron chi connectivity index (χ4n) is 7.90. The molecule has 0 radical (unpaired) electrons. The molecule has 0 unspecified atom stereocenters. The monoisotopic (exact) mass is 481 g/mol. The van der Waals surface area contributed by atoms with E-state index >= 15 is 0 Å². The van der Waals surface area contributed by atoms with Crippen molar-refractivity contribution in [1.82, 2.24) is 16.0 Å². The van der Waals surface area contributed by atoms with E-state index in [1.807, 2.05) is 0 Å². The predicted octanol–water partition coefficient (Wildman–Crippen LogP) is 4.61. The molecule has 7 heteroatoms. The van der Waals surface area contributed by atoms with E-state index in [0.29, 0.717) is 19.5 Å². The van der Waals surface area contributed by atoms with E-state index in [-0.39, 0.29) is 28.5 Å². The van der Waals surface area contributed by atoms with Crippen molar-refractivity contribution in [2.75, 3.05) is 6.54 Å². The van der Waals surface area contributed by atoms with Crippen molar-refractivity contribution in [3.8, 4) is 0 Å². The van der Waals surface area contributed by atoms with E-state index in [1.165, 1.54) is 25.7 Å². The summed E-state index contributed by atoms with van der Waals surface area (Å²) >= 11 is 0. The molecule has 3 amide bonds. The Bertz CT molecular complexity index is 916. The first-order chi connectivity index (χ1) is 16.8. The topological polar surface area (TPSA) is 108 Å². The van der Waals surface area contributed by atoms with Gasteiger partial charge in [-0.1, -0.05) is 31.4 Å². The Labute approximate surface area is 207 Å². The van der Waals surface area contributed by atoms with Crippen LogP contribution >= 0.6 is 0 Å². The Morgan fingerprint density at radius 1 is 0.857 bits per heavy atom. The molecule has 1 aromatic carbocycles. The van der Waals surface area contributed by atoms with Crippen LogP contribution in [0.4, 0.5) is 4.79 Å². The van der Waals surface area contributed by atoms with Gasteiger partial charge in [-0.15, -0.1) is 0 Å². The van der Waals surface area contributed by atoms with Crippen LogP contribution in [0.5, 0.6) is 0 Å². The summed E-state index contributed by atoms with van der Waals surface area (Å²) in [4.78, 5) is 36.9. The standard InChI is InChI=1S/C28H39N3O4/c32-24(29-17-19-4-6-23(7-5-19)25(33)34)16-27(8-2-1-3-9-27)18-30-26(35)31-28-13-20-10-21(14-28)12-22(11-20)15-28/h4-7,20-22H,1-3,8-18H2,(H,29,32)(H,33,34)(H2,30,31,35). The minimum atomic E-state index is -0.959. The third-order valence-electron chi connectivity index (χ3n) is 9.18. The molecule has 0 saturated heterocycles. The molecule has 1 aromatic rings. The zero-order chi connectivity index (χ0) is 24.5. The molecule has 0 heterocycles. The van der Waals surface area contributed by atoms with Gasteiger partial charge in [0.05, 0.1) is 5.56 Å². The second-order valence-electron chi connectivity index (χ2n) is 12.0. The third-order valence-corrected chi connectivity index (χ3v) is 9.18. The number of carboxylic acids is 1. The van der Waals surface area contributed by atoms with Crippen LogP contribution in [0.1, 0.15) is 93.0 Å². The highest BCUT2D eigenvalue weighted by Crippen LogP contribution is 2.55. The number of carbonyl (C=O) groups is 3. The molecule has 7 nitrogen and oxygen atoms in total. The summed E-state index contributed by atoms with van der Waals surface area (Å²) in [5.74, 6) is 1.39. The SMILES string of the molecule is O=C(CC1(CNC(=O)NC23CC4CC(CC(C4)C2)C3)CCCCC1)NCc1ccc(C(=O)O)cc1. The number of hydrogen-bond acceptors (Lipinski definition) is 3. The van der Waals surface area contributed by atoms with Crippen molar-refractivity contribution in [1.29, 1.82) is 0 Å². The van der Waals surface area contributed by atoms with Gasteiger partial charge in [0.15, 0.2) is 0 Å². The van der Waals surface area contributed by atoms with Crippen LogP contribution in [0.25, 0.3) is 0 Å². The highest BCUT2D eigenvalue weighted by Gasteiger charge is 2.51. The highest BCUT2D eigenvalue weighted by atomic mass is 16.4. The summed E-state index contributed by atoms with van der Waals surface area (Å²) in [6, 6.07) is 6.51. The first-order valence-corrected chi connectivity index (χ1v) is 13.5. The van der Waals surface area contributed by atoms with Gasteiger partial charge in [0.25, 0.3) is 0 Å². The molecule has 35 heavy (non-hydrogen) atoms. The molecular formula is C28H39N3O4. The van der Waals surface area contributed by atoms with Gasteiger partial charge in [-0.25, -0.2) is 9.59 Å². The molecule has 4 N–H and O–H groups in total. The van der Waals surface area contributed by atoms with Crippen LogP contribution < -0.4 is 16.0 Å². The molecule has 0 spiro atoms. The maximum Gasteiger partial charge on any atom is 0.335 e. The summed E-state index contributed by atoms with van der Waals surface area (Å²) in [5.41, 5.74) is 0.897. The molecule has 5 saturated carbocycles. The molecule has 0 aliphatic heterocycles. The number of carboxylic acid groups (broad SMARTS) is 1. The Kier molecular flexibility index (Phi) is 6.78. The molecule has 5 aliphatic carbocycles. The number of amides is 3. The van der Waals surface area contributed by atoms with Crippen LogP contribution in [0, 0.1) is 23.2 Å². The molecule has 0 atom stereocenters. The Morgan fingerprint density at radius 2 is 1.46 bits per heavy atom. The van der Waals surface area contributed by atoms with E-state index in [4.69, 9.17) is 5.11 Å². The summed E-state index contributed by atoms with van der Waals surface area (Å²) in [6.07, 6.45) is 13.1. The maximum absolute atomic E-state index is 13.0.